The Balaban J connectivity index is 1.08. The Morgan fingerprint density at radius 3 is 1.97 bits per heavy atom. The highest BCUT2D eigenvalue weighted by Crippen LogP contribution is 2.52. The van der Waals surface area contributed by atoms with Crippen molar-refractivity contribution < 1.29 is 4.42 Å². The summed E-state index contributed by atoms with van der Waals surface area (Å²) in [5.41, 5.74) is 17.4. The summed E-state index contributed by atoms with van der Waals surface area (Å²) in [7, 11) is 0. The zero-order valence-electron chi connectivity index (χ0n) is 33.3. The Bertz CT molecular complexity index is 3480. The summed E-state index contributed by atoms with van der Waals surface area (Å²) in [6.07, 6.45) is 0. The maximum atomic E-state index is 6.51. The van der Waals surface area contributed by atoms with Gasteiger partial charge in [-0.15, -0.1) is 11.3 Å². The van der Waals surface area contributed by atoms with E-state index in [0.717, 1.165) is 44.6 Å². The number of hydrogen-bond donors (Lipinski definition) is 0. The Morgan fingerprint density at radius 1 is 0.400 bits per heavy atom. The zero-order valence-corrected chi connectivity index (χ0v) is 34.1. The highest BCUT2D eigenvalue weighted by atomic mass is 32.1. The molecule has 0 spiro atoms. The summed E-state index contributed by atoms with van der Waals surface area (Å²) in [6, 6.07) is 73.2. The monoisotopic (exact) mass is 785 g/mol. The van der Waals surface area contributed by atoms with Gasteiger partial charge in [0.2, 0.25) is 0 Å². The van der Waals surface area contributed by atoms with E-state index in [9.17, 15) is 0 Å². The topological polar surface area (TPSA) is 16.4 Å². The Hall–Kier alpha value is -7.20. The van der Waals surface area contributed by atoms with Crippen molar-refractivity contribution in [1.82, 2.24) is 0 Å². The Labute approximate surface area is 353 Å². The molecule has 1 aliphatic carbocycles. The molecular formula is C57H39NOS. The van der Waals surface area contributed by atoms with Gasteiger partial charge in [-0.25, -0.2) is 0 Å². The fourth-order valence-corrected chi connectivity index (χ4v) is 10.9. The van der Waals surface area contributed by atoms with Gasteiger partial charge in [-0.05, 0) is 116 Å². The van der Waals surface area contributed by atoms with Crippen LogP contribution in [-0.4, -0.2) is 0 Å². The number of thiophene rings is 1. The molecule has 11 aromatic rings. The van der Waals surface area contributed by atoms with Crippen LogP contribution in [0.15, 0.2) is 205 Å². The fourth-order valence-electron chi connectivity index (χ4n) is 9.79. The molecule has 0 radical (unpaired) electrons. The van der Waals surface area contributed by atoms with Gasteiger partial charge in [0.1, 0.15) is 11.2 Å². The lowest BCUT2D eigenvalue weighted by atomic mass is 9.82. The van der Waals surface area contributed by atoms with Gasteiger partial charge < -0.3 is 9.32 Å². The smallest absolute Gasteiger partial charge is 0.137 e. The number of anilines is 3. The quantitative estimate of drug-likeness (QED) is 0.167. The van der Waals surface area contributed by atoms with Crippen LogP contribution < -0.4 is 4.90 Å². The van der Waals surface area contributed by atoms with Crippen molar-refractivity contribution in [2.75, 3.05) is 4.90 Å². The Morgan fingerprint density at radius 2 is 1.05 bits per heavy atom. The first-order chi connectivity index (χ1) is 29.5. The van der Waals surface area contributed by atoms with Gasteiger partial charge in [0.15, 0.2) is 0 Å². The van der Waals surface area contributed by atoms with E-state index in [-0.39, 0.29) is 5.41 Å². The summed E-state index contributed by atoms with van der Waals surface area (Å²) < 4.78 is 9.10. The molecule has 0 aliphatic heterocycles. The van der Waals surface area contributed by atoms with Crippen molar-refractivity contribution in [2.45, 2.75) is 19.3 Å². The van der Waals surface area contributed by atoms with Gasteiger partial charge in [-0.1, -0.05) is 147 Å². The molecule has 60 heavy (non-hydrogen) atoms. The lowest BCUT2D eigenvalue weighted by molar-refractivity contribution is 0.660. The minimum Gasteiger partial charge on any atom is -0.456 e. The number of rotatable bonds is 6. The molecule has 2 aromatic heterocycles. The maximum absolute atomic E-state index is 6.51. The Kier molecular flexibility index (Phi) is 7.79. The summed E-state index contributed by atoms with van der Waals surface area (Å²) in [4.78, 5) is 2.41. The van der Waals surface area contributed by atoms with Crippen molar-refractivity contribution in [1.29, 1.82) is 0 Å². The summed E-state index contributed by atoms with van der Waals surface area (Å²) in [5, 5.41) is 4.84. The lowest BCUT2D eigenvalue weighted by Crippen LogP contribution is -2.16. The number of furan rings is 1. The molecule has 0 N–H and O–H groups in total. The second-order valence-electron chi connectivity index (χ2n) is 16.5. The van der Waals surface area contributed by atoms with Crippen LogP contribution in [0.2, 0.25) is 0 Å². The van der Waals surface area contributed by atoms with Gasteiger partial charge in [0, 0.05) is 59.5 Å². The largest absolute Gasteiger partial charge is 0.456 e. The standard InChI is InChI=1S/C57H39NOS/c1-57(2)49-23-9-6-20-44(49)45-28-26-41(34-50(45)57)58(42-27-29-47-46-21-7-10-24-51(46)59-52(47)35-42)40-19-13-17-38(33-40)43-30-31-54-56(48-22-8-11-25-53(48)60-54)55(43)39-18-12-16-37(32-39)36-14-4-3-5-15-36/h3-35H,1-2H3. The zero-order chi connectivity index (χ0) is 40.0. The third kappa shape index (κ3) is 5.40. The van der Waals surface area contributed by atoms with Gasteiger partial charge >= 0.3 is 0 Å². The first kappa shape index (κ1) is 34.8. The minimum atomic E-state index is -0.139. The molecule has 0 bridgehead atoms. The number of benzene rings is 9. The van der Waals surface area contributed by atoms with Crippen molar-refractivity contribution in [3.63, 3.8) is 0 Å². The molecule has 1 aliphatic rings. The highest BCUT2D eigenvalue weighted by molar-refractivity contribution is 7.26. The second kappa shape index (κ2) is 13.4. The van der Waals surface area contributed by atoms with Crippen molar-refractivity contribution >= 4 is 70.5 Å². The molecule has 0 saturated heterocycles. The van der Waals surface area contributed by atoms with Gasteiger partial charge in [0.25, 0.3) is 0 Å². The van der Waals surface area contributed by atoms with E-state index in [1.165, 1.54) is 70.2 Å². The summed E-state index contributed by atoms with van der Waals surface area (Å²) >= 11 is 1.87. The van der Waals surface area contributed by atoms with Crippen molar-refractivity contribution in [3.8, 4) is 44.5 Å². The number of fused-ring (bicyclic) bond motifs is 9. The number of nitrogens with zero attached hydrogens (tertiary/aromatic N) is 1. The van der Waals surface area contributed by atoms with Crippen molar-refractivity contribution in [2.24, 2.45) is 0 Å². The van der Waals surface area contributed by atoms with Gasteiger partial charge in [0.05, 0.1) is 0 Å². The van der Waals surface area contributed by atoms with Gasteiger partial charge in [-0.3, -0.25) is 0 Å². The van der Waals surface area contributed by atoms with E-state index in [1.807, 2.05) is 17.4 Å². The van der Waals surface area contributed by atoms with Crippen LogP contribution in [0.5, 0.6) is 0 Å². The van der Waals surface area contributed by atoms with Crippen LogP contribution in [-0.2, 0) is 5.41 Å². The third-order valence-corrected chi connectivity index (χ3v) is 13.8. The minimum absolute atomic E-state index is 0.139. The predicted octanol–water partition coefficient (Wildman–Crippen LogP) is 16.7. The van der Waals surface area contributed by atoms with Gasteiger partial charge in [-0.2, -0.15) is 0 Å². The van der Waals surface area contributed by atoms with E-state index < -0.39 is 0 Å². The molecule has 0 atom stereocenters. The fraction of sp³-hybridized carbons (Fsp3) is 0.0526. The van der Waals surface area contributed by atoms with E-state index in [0.29, 0.717) is 0 Å². The number of hydrogen-bond acceptors (Lipinski definition) is 3. The second-order valence-corrected chi connectivity index (χ2v) is 17.6. The van der Waals surface area contributed by atoms with Crippen LogP contribution in [0.25, 0.3) is 86.6 Å². The first-order valence-corrected chi connectivity index (χ1v) is 21.5. The number of para-hydroxylation sites is 1. The molecule has 0 amide bonds. The molecular weight excluding hydrogens is 747 g/mol. The SMILES string of the molecule is CC1(C)c2ccccc2-c2ccc(N(c3cccc(-c4ccc5sc6ccccc6c5c4-c4cccc(-c5ccccc5)c4)c3)c3ccc4c(c3)oc3ccccc34)cc21. The maximum Gasteiger partial charge on any atom is 0.137 e. The molecule has 0 unspecified atom stereocenters. The first-order valence-electron chi connectivity index (χ1n) is 20.7. The molecule has 12 rings (SSSR count). The molecule has 2 nitrogen and oxygen atoms in total. The highest BCUT2D eigenvalue weighted by Gasteiger charge is 2.36. The lowest BCUT2D eigenvalue weighted by Gasteiger charge is -2.28. The summed E-state index contributed by atoms with van der Waals surface area (Å²) in [5.74, 6) is 0. The van der Waals surface area contributed by atoms with E-state index in [4.69, 9.17) is 4.42 Å². The van der Waals surface area contributed by atoms with Crippen LogP contribution in [0.4, 0.5) is 17.1 Å². The van der Waals surface area contributed by atoms with Crippen LogP contribution in [0.1, 0.15) is 25.0 Å². The predicted molar refractivity (Wildman–Crippen MR) is 255 cm³/mol. The molecule has 284 valence electrons. The average Bonchev–Trinajstić information content (AvgIpc) is 3.94. The third-order valence-electron chi connectivity index (χ3n) is 12.7. The van der Waals surface area contributed by atoms with Crippen molar-refractivity contribution in [3.05, 3.63) is 211 Å². The van der Waals surface area contributed by atoms with E-state index >= 15 is 0 Å². The van der Waals surface area contributed by atoms with Crippen LogP contribution >= 0.6 is 11.3 Å². The molecule has 3 heteroatoms. The normalized spacial score (nSPS) is 13.0. The van der Waals surface area contributed by atoms with E-state index in [1.54, 1.807) is 0 Å². The average molecular weight is 786 g/mol. The molecule has 0 fully saturated rings. The summed E-state index contributed by atoms with van der Waals surface area (Å²) in [6.45, 7) is 4.71. The van der Waals surface area contributed by atoms with E-state index in [2.05, 4.69) is 213 Å². The van der Waals surface area contributed by atoms with Crippen LogP contribution in [0, 0.1) is 0 Å². The van der Waals surface area contributed by atoms with Crippen LogP contribution in [0.3, 0.4) is 0 Å². The molecule has 0 saturated carbocycles. The molecule has 2 heterocycles. The molecule has 9 aromatic carbocycles.